The molecule has 6 nitrogen and oxygen atoms in total. The molecule has 1 heterocycles. The number of H-pyrrole nitrogens is 1. The van der Waals surface area contributed by atoms with Crippen molar-refractivity contribution in [3.8, 4) is 11.5 Å². The van der Waals surface area contributed by atoms with E-state index in [2.05, 4.69) is 31.6 Å². The Morgan fingerprint density at radius 3 is 2.76 bits per heavy atom. The van der Waals surface area contributed by atoms with Crippen LogP contribution in [-0.2, 0) is 6.54 Å². The number of nitrogens with one attached hydrogen (secondary N) is 2. The van der Waals surface area contributed by atoms with Gasteiger partial charge in [-0.05, 0) is 43.8 Å². The van der Waals surface area contributed by atoms with Gasteiger partial charge in [0.05, 0.1) is 19.8 Å². The molecule has 114 valence electrons. The first kappa shape index (κ1) is 15.8. The van der Waals surface area contributed by atoms with E-state index < -0.39 is 0 Å². The largest absolute Gasteiger partial charge is 0.493 e. The summed E-state index contributed by atoms with van der Waals surface area (Å²) < 4.78 is 14.2. The standard InChI is InChI=1S/C13H17BrN4O2S/c1-8(2)20-12-5-10(14)9(4-11(12)19-3)6-16-18-7-15-17-13(18)21/h4-5,7-8,16H,6H2,1-3H3,(H,17,21). The number of nitrogens with zero attached hydrogens (tertiary/aromatic N) is 2. The van der Waals surface area contributed by atoms with Crippen LogP contribution in [0.2, 0.25) is 0 Å². The third kappa shape index (κ3) is 3.98. The van der Waals surface area contributed by atoms with Crippen molar-refractivity contribution >= 4 is 28.1 Å². The lowest BCUT2D eigenvalue weighted by Gasteiger charge is -2.16. The molecular formula is C13H17BrN4O2S. The molecule has 1 aromatic heterocycles. The summed E-state index contributed by atoms with van der Waals surface area (Å²) in [7, 11) is 1.62. The lowest BCUT2D eigenvalue weighted by Crippen LogP contribution is -2.14. The van der Waals surface area contributed by atoms with E-state index in [9.17, 15) is 0 Å². The molecule has 1 aromatic carbocycles. The highest BCUT2D eigenvalue weighted by Gasteiger charge is 2.11. The van der Waals surface area contributed by atoms with Crippen LogP contribution in [0.4, 0.5) is 0 Å². The summed E-state index contributed by atoms with van der Waals surface area (Å²) in [5.41, 5.74) is 4.17. The van der Waals surface area contributed by atoms with Crippen molar-refractivity contribution < 1.29 is 9.47 Å². The van der Waals surface area contributed by atoms with Gasteiger partial charge in [0.2, 0.25) is 4.77 Å². The van der Waals surface area contributed by atoms with E-state index in [1.807, 2.05) is 26.0 Å². The highest BCUT2D eigenvalue weighted by atomic mass is 79.9. The second-order valence-corrected chi connectivity index (χ2v) is 5.87. The predicted octanol–water partition coefficient (Wildman–Crippen LogP) is 3.24. The summed E-state index contributed by atoms with van der Waals surface area (Å²) in [6.07, 6.45) is 1.67. The zero-order chi connectivity index (χ0) is 15.4. The number of halogens is 1. The molecule has 0 saturated heterocycles. The highest BCUT2D eigenvalue weighted by molar-refractivity contribution is 9.10. The van der Waals surface area contributed by atoms with Crippen molar-refractivity contribution in [1.29, 1.82) is 0 Å². The molecule has 0 aliphatic carbocycles. The number of ether oxygens (including phenoxy) is 2. The van der Waals surface area contributed by atoms with Gasteiger partial charge in [-0.2, -0.15) is 5.10 Å². The fourth-order valence-electron chi connectivity index (χ4n) is 1.75. The van der Waals surface area contributed by atoms with E-state index in [4.69, 9.17) is 21.7 Å². The quantitative estimate of drug-likeness (QED) is 0.762. The number of rotatable bonds is 6. The number of aromatic nitrogens is 3. The molecule has 0 amide bonds. The average Bonchev–Trinajstić information content (AvgIpc) is 2.83. The summed E-state index contributed by atoms with van der Waals surface area (Å²) >= 11 is 8.63. The predicted molar refractivity (Wildman–Crippen MR) is 86.9 cm³/mol. The number of hydrogen-bond donors (Lipinski definition) is 2. The maximum Gasteiger partial charge on any atom is 0.214 e. The molecule has 8 heteroatoms. The van der Waals surface area contributed by atoms with Gasteiger partial charge in [-0.3, -0.25) is 5.10 Å². The Morgan fingerprint density at radius 1 is 1.43 bits per heavy atom. The van der Waals surface area contributed by atoms with Gasteiger partial charge in [0.15, 0.2) is 11.5 Å². The van der Waals surface area contributed by atoms with Crippen molar-refractivity contribution in [1.82, 2.24) is 14.9 Å². The topological polar surface area (TPSA) is 64.1 Å². The first-order valence-corrected chi connectivity index (χ1v) is 7.60. The van der Waals surface area contributed by atoms with Gasteiger partial charge in [-0.25, -0.2) is 4.68 Å². The van der Waals surface area contributed by atoms with Crippen LogP contribution >= 0.6 is 28.1 Å². The summed E-state index contributed by atoms with van der Waals surface area (Å²) in [6.45, 7) is 4.51. The zero-order valence-corrected chi connectivity index (χ0v) is 14.4. The van der Waals surface area contributed by atoms with Gasteiger partial charge in [-0.15, -0.1) is 0 Å². The third-order valence-electron chi connectivity index (χ3n) is 2.69. The van der Waals surface area contributed by atoms with Crippen LogP contribution in [-0.4, -0.2) is 28.1 Å². The second-order valence-electron chi connectivity index (χ2n) is 4.63. The minimum absolute atomic E-state index is 0.0824. The fraction of sp³-hybridized carbons (Fsp3) is 0.385. The van der Waals surface area contributed by atoms with Crippen LogP contribution in [0, 0.1) is 4.77 Å². The summed E-state index contributed by atoms with van der Waals surface area (Å²) in [4.78, 5) is 0. The molecule has 0 unspecified atom stereocenters. The van der Waals surface area contributed by atoms with Gasteiger partial charge < -0.3 is 14.9 Å². The molecule has 0 aliphatic rings. The van der Waals surface area contributed by atoms with Gasteiger partial charge in [0.25, 0.3) is 0 Å². The smallest absolute Gasteiger partial charge is 0.214 e. The van der Waals surface area contributed by atoms with Gasteiger partial charge >= 0.3 is 0 Å². The molecule has 2 aromatic rings. The maximum absolute atomic E-state index is 5.73. The monoisotopic (exact) mass is 372 g/mol. The molecule has 2 N–H and O–H groups in total. The van der Waals surface area contributed by atoms with Crippen LogP contribution in [0.25, 0.3) is 0 Å². The van der Waals surface area contributed by atoms with E-state index >= 15 is 0 Å². The van der Waals surface area contributed by atoms with Gasteiger partial charge in [0, 0.05) is 4.47 Å². The van der Waals surface area contributed by atoms with Crippen LogP contribution < -0.4 is 14.9 Å². The zero-order valence-electron chi connectivity index (χ0n) is 12.0. The second kappa shape index (κ2) is 6.95. The van der Waals surface area contributed by atoms with Crippen molar-refractivity contribution in [2.75, 3.05) is 12.5 Å². The molecule has 0 fully saturated rings. The highest BCUT2D eigenvalue weighted by Crippen LogP contribution is 2.34. The molecule has 21 heavy (non-hydrogen) atoms. The Morgan fingerprint density at radius 2 is 2.19 bits per heavy atom. The van der Waals surface area contributed by atoms with E-state index in [-0.39, 0.29) is 6.10 Å². The van der Waals surface area contributed by atoms with E-state index in [0.29, 0.717) is 22.8 Å². The number of hydrogen-bond acceptors (Lipinski definition) is 5. The minimum Gasteiger partial charge on any atom is -0.493 e. The Labute approximate surface area is 136 Å². The molecule has 0 bridgehead atoms. The Balaban J connectivity index is 2.20. The molecule has 0 aliphatic heterocycles. The summed E-state index contributed by atoms with van der Waals surface area (Å²) in [5, 5.41) is 6.53. The molecule has 0 saturated carbocycles. The Kier molecular flexibility index (Phi) is 5.24. The maximum atomic E-state index is 5.73. The molecular weight excluding hydrogens is 356 g/mol. The Bertz CT molecular complexity index is 668. The summed E-state index contributed by atoms with van der Waals surface area (Å²) in [6, 6.07) is 3.84. The van der Waals surface area contributed by atoms with Crippen molar-refractivity contribution in [2.45, 2.75) is 26.5 Å². The first-order valence-electron chi connectivity index (χ1n) is 6.40. The SMILES string of the molecule is COc1cc(CNn2cn[nH]c2=S)c(Br)cc1OC(C)C. The lowest BCUT2D eigenvalue weighted by atomic mass is 10.2. The molecule has 0 spiro atoms. The van der Waals surface area contributed by atoms with E-state index in [1.54, 1.807) is 18.1 Å². The van der Waals surface area contributed by atoms with Crippen LogP contribution in [0.15, 0.2) is 22.9 Å². The van der Waals surface area contributed by atoms with Gasteiger partial charge in [-0.1, -0.05) is 15.9 Å². The number of methoxy groups -OCH3 is 1. The van der Waals surface area contributed by atoms with Crippen LogP contribution in [0.3, 0.4) is 0 Å². The van der Waals surface area contributed by atoms with Crippen molar-refractivity contribution in [2.24, 2.45) is 0 Å². The van der Waals surface area contributed by atoms with Crippen LogP contribution in [0.1, 0.15) is 19.4 Å². The normalized spacial score (nSPS) is 10.7. The minimum atomic E-state index is 0.0824. The van der Waals surface area contributed by atoms with E-state index in [0.717, 1.165) is 10.0 Å². The molecule has 0 radical (unpaired) electrons. The number of benzene rings is 1. The average molecular weight is 373 g/mol. The molecule has 2 rings (SSSR count). The Hall–Kier alpha value is -1.54. The van der Waals surface area contributed by atoms with Gasteiger partial charge in [0.1, 0.15) is 6.33 Å². The molecule has 0 atom stereocenters. The lowest BCUT2D eigenvalue weighted by molar-refractivity contribution is 0.230. The van der Waals surface area contributed by atoms with E-state index in [1.165, 1.54) is 0 Å². The summed E-state index contributed by atoms with van der Waals surface area (Å²) in [5.74, 6) is 1.41. The number of aromatic amines is 1. The third-order valence-corrected chi connectivity index (χ3v) is 3.71. The first-order chi connectivity index (χ1) is 10.0. The fourth-order valence-corrected chi connectivity index (χ4v) is 2.38. The van der Waals surface area contributed by atoms with Crippen LogP contribution in [0.5, 0.6) is 11.5 Å². The van der Waals surface area contributed by atoms with Crippen molar-refractivity contribution in [3.63, 3.8) is 0 Å². The van der Waals surface area contributed by atoms with Crippen molar-refractivity contribution in [3.05, 3.63) is 33.3 Å².